The second-order valence-electron chi connectivity index (χ2n) is 1.74. The second-order valence-corrected chi connectivity index (χ2v) is 2.82. The van der Waals surface area contributed by atoms with Crippen molar-refractivity contribution in [2.24, 2.45) is 0 Å². The predicted octanol–water partition coefficient (Wildman–Crippen LogP) is -1.53. The first-order valence-corrected chi connectivity index (χ1v) is 3.45. The summed E-state index contributed by atoms with van der Waals surface area (Å²) in [6.07, 6.45) is 0. The van der Waals surface area contributed by atoms with E-state index < -0.39 is 11.9 Å². The van der Waals surface area contributed by atoms with Crippen LogP contribution in [0.25, 0.3) is 0 Å². The summed E-state index contributed by atoms with van der Waals surface area (Å²) >= 11 is 0.625. The molecule has 0 atom stereocenters. The molecule has 0 saturated heterocycles. The number of carbonyl (C=O) groups is 2. The van der Waals surface area contributed by atoms with Crippen LogP contribution in [-0.2, 0) is 44.8 Å². The second kappa shape index (κ2) is 6.56. The average molecular weight is 386 g/mol. The molecule has 0 unspecified atom stereocenters. The van der Waals surface area contributed by atoms with Crippen LogP contribution in [0.5, 0.6) is 0 Å². The van der Waals surface area contributed by atoms with Gasteiger partial charge in [0.2, 0.25) is 0 Å². The molecule has 0 N–H and O–H groups in total. The summed E-state index contributed by atoms with van der Waals surface area (Å²) in [6.45, 7) is 0. The van der Waals surface area contributed by atoms with E-state index in [9.17, 15) is 19.8 Å². The number of aromatic carboxylic acids is 2. The molecule has 0 radical (unpaired) electrons. The van der Waals surface area contributed by atoms with Crippen molar-refractivity contribution >= 4 is 23.3 Å². The van der Waals surface area contributed by atoms with E-state index in [1.807, 2.05) is 0 Å². The third kappa shape index (κ3) is 4.24. The maximum atomic E-state index is 10.1. The van der Waals surface area contributed by atoms with Gasteiger partial charge in [0.25, 0.3) is 0 Å². The van der Waals surface area contributed by atoms with Gasteiger partial charge >= 0.3 is 44.8 Å². The van der Waals surface area contributed by atoms with Gasteiger partial charge in [0.05, 0.1) is 21.7 Å². The number of hydrogen-bond acceptors (Lipinski definition) is 5. The molecule has 1 rings (SSSR count). The molecule has 0 amide bonds. The van der Waals surface area contributed by atoms with Gasteiger partial charge in [-0.2, -0.15) is 0 Å². The van der Waals surface area contributed by atoms with E-state index in [-0.39, 0.29) is 54.5 Å². The van der Waals surface area contributed by atoms with Crippen molar-refractivity contribution in [2.45, 2.75) is 0 Å². The summed E-state index contributed by atoms with van der Waals surface area (Å²) in [7, 11) is 0. The number of carboxylic acid groups (broad SMARTS) is 2. The topological polar surface area (TPSA) is 80.3 Å². The van der Waals surface area contributed by atoms with Crippen LogP contribution >= 0.6 is 11.3 Å². The van der Waals surface area contributed by atoms with Gasteiger partial charge in [0.15, 0.2) is 0 Å². The Labute approximate surface area is 109 Å². The Morgan fingerprint density at radius 3 is 1.46 bits per heavy atom. The Bertz CT molecular complexity index is 281. The molecule has 7 heteroatoms. The van der Waals surface area contributed by atoms with Crippen molar-refractivity contribution in [1.82, 2.24) is 0 Å². The Kier molecular flexibility index (Phi) is 7.86. The summed E-state index contributed by atoms with van der Waals surface area (Å²) in [6, 6.07) is 2.34. The maximum absolute atomic E-state index is 10.1. The van der Waals surface area contributed by atoms with Crippen molar-refractivity contribution in [1.29, 1.82) is 0 Å². The summed E-state index contributed by atoms with van der Waals surface area (Å²) in [5.41, 5.74) is 0. The zero-order valence-corrected chi connectivity index (χ0v) is 9.58. The van der Waals surface area contributed by atoms with E-state index in [2.05, 4.69) is 0 Å². The third-order valence-electron chi connectivity index (χ3n) is 1.01. The molecular formula is C6H2Ag2O4S. The van der Waals surface area contributed by atoms with Gasteiger partial charge in [0, 0.05) is 0 Å². The number of rotatable bonds is 2. The fourth-order valence-corrected chi connectivity index (χ4v) is 1.23. The zero-order chi connectivity index (χ0) is 8.43. The Hall–Kier alpha value is 0.121. The summed E-state index contributed by atoms with van der Waals surface area (Å²) < 4.78 is 0. The summed E-state index contributed by atoms with van der Waals surface area (Å²) in [5, 5.41) is 20.2. The SMILES string of the molecule is O=C([O-])c1ccc(C(=O)[O-])s1.[Ag+].[Ag+]. The van der Waals surface area contributed by atoms with Crippen LogP contribution in [0.1, 0.15) is 19.3 Å². The normalized spacial score (nSPS) is 8.00. The molecule has 0 aliphatic heterocycles. The van der Waals surface area contributed by atoms with Crippen molar-refractivity contribution in [3.63, 3.8) is 0 Å². The minimum absolute atomic E-state index is 0. The monoisotopic (exact) mass is 384 g/mol. The largest absolute Gasteiger partial charge is 1.00 e. The van der Waals surface area contributed by atoms with Crippen LogP contribution in [0.2, 0.25) is 0 Å². The molecule has 0 spiro atoms. The van der Waals surface area contributed by atoms with Gasteiger partial charge in [-0.3, -0.25) is 0 Å². The van der Waals surface area contributed by atoms with Crippen LogP contribution in [0.3, 0.4) is 0 Å². The first kappa shape index (κ1) is 15.6. The first-order valence-electron chi connectivity index (χ1n) is 2.64. The van der Waals surface area contributed by atoms with E-state index in [4.69, 9.17) is 0 Å². The van der Waals surface area contributed by atoms with Crippen LogP contribution < -0.4 is 10.2 Å². The molecule has 78 valence electrons. The zero-order valence-electron chi connectivity index (χ0n) is 5.80. The number of hydrogen-bond donors (Lipinski definition) is 0. The standard InChI is InChI=1S/C6H4O4S.2Ag/c7-5(8)3-1-2-4(11-3)6(9)10;;/h1-2H,(H,7,8)(H,9,10);;/q;2*+1/p-2. The fraction of sp³-hybridized carbons (Fsp3) is 0. The van der Waals surface area contributed by atoms with E-state index in [1.165, 1.54) is 12.1 Å². The smallest absolute Gasteiger partial charge is 0.544 e. The van der Waals surface area contributed by atoms with E-state index in [0.717, 1.165) is 0 Å². The van der Waals surface area contributed by atoms with Crippen LogP contribution in [0, 0.1) is 0 Å². The van der Waals surface area contributed by atoms with E-state index >= 15 is 0 Å². The molecule has 0 fully saturated rings. The molecule has 1 aromatic heterocycles. The predicted molar refractivity (Wildman–Crippen MR) is 33.0 cm³/mol. The van der Waals surface area contributed by atoms with Gasteiger partial charge in [-0.25, -0.2) is 0 Å². The minimum atomic E-state index is -1.37. The van der Waals surface area contributed by atoms with E-state index in [1.54, 1.807) is 0 Å². The van der Waals surface area contributed by atoms with Crippen molar-refractivity contribution in [2.75, 3.05) is 0 Å². The quantitative estimate of drug-likeness (QED) is 0.578. The Morgan fingerprint density at radius 1 is 1.00 bits per heavy atom. The number of carbonyl (C=O) groups excluding carboxylic acids is 2. The molecule has 0 bridgehead atoms. The number of thiophene rings is 1. The van der Waals surface area contributed by atoms with Crippen molar-refractivity contribution in [3.8, 4) is 0 Å². The van der Waals surface area contributed by atoms with Crippen molar-refractivity contribution in [3.05, 3.63) is 21.9 Å². The number of carboxylic acids is 2. The average Bonchev–Trinajstić information content (AvgIpc) is 2.33. The van der Waals surface area contributed by atoms with Crippen LogP contribution in [0.4, 0.5) is 0 Å². The molecule has 0 saturated carbocycles. The van der Waals surface area contributed by atoms with Crippen molar-refractivity contribution < 1.29 is 64.6 Å². The van der Waals surface area contributed by atoms with E-state index in [0.29, 0.717) is 11.3 Å². The molecule has 13 heavy (non-hydrogen) atoms. The Morgan fingerprint density at radius 2 is 1.31 bits per heavy atom. The van der Waals surface area contributed by atoms with Crippen LogP contribution in [-0.4, -0.2) is 11.9 Å². The van der Waals surface area contributed by atoms with Gasteiger partial charge in [-0.15, -0.1) is 11.3 Å². The fourth-order valence-electron chi connectivity index (χ4n) is 0.557. The molecular weight excluding hydrogens is 384 g/mol. The third-order valence-corrected chi connectivity index (χ3v) is 2.05. The molecule has 4 nitrogen and oxygen atoms in total. The minimum Gasteiger partial charge on any atom is -0.544 e. The molecule has 1 aromatic rings. The molecule has 0 aromatic carbocycles. The molecule has 0 aliphatic rings. The van der Waals surface area contributed by atoms with Gasteiger partial charge < -0.3 is 19.8 Å². The van der Waals surface area contributed by atoms with Gasteiger partial charge in [0.1, 0.15) is 0 Å². The molecule has 0 aliphatic carbocycles. The summed E-state index contributed by atoms with van der Waals surface area (Å²) in [5.74, 6) is -2.75. The Balaban J connectivity index is 0. The molecule has 1 heterocycles. The maximum Gasteiger partial charge on any atom is 1.00 e. The first-order chi connectivity index (χ1) is 5.11. The van der Waals surface area contributed by atoms with Crippen LogP contribution in [0.15, 0.2) is 12.1 Å². The van der Waals surface area contributed by atoms with Gasteiger partial charge in [-0.05, 0) is 12.1 Å². The van der Waals surface area contributed by atoms with Gasteiger partial charge in [-0.1, -0.05) is 0 Å². The summed E-state index contributed by atoms with van der Waals surface area (Å²) in [4.78, 5) is 20.0.